The molecule has 0 unspecified atom stereocenters. The van der Waals surface area contributed by atoms with E-state index in [1.54, 1.807) is 18.2 Å². The van der Waals surface area contributed by atoms with E-state index in [2.05, 4.69) is 10.3 Å². The molecule has 1 heterocycles. The second-order valence-electron chi connectivity index (χ2n) is 3.86. The summed E-state index contributed by atoms with van der Waals surface area (Å²) in [4.78, 5) is 26.8. The molecule has 0 saturated carbocycles. The highest BCUT2D eigenvalue weighted by Gasteiger charge is 2.08. The predicted molar refractivity (Wildman–Crippen MR) is 84.8 cm³/mol. The van der Waals surface area contributed by atoms with Gasteiger partial charge in [0.25, 0.3) is 5.91 Å². The summed E-state index contributed by atoms with van der Waals surface area (Å²) in [6.07, 6.45) is 4.13. The number of anilines is 1. The summed E-state index contributed by atoms with van der Waals surface area (Å²) in [5.74, 6) is -0.995. The van der Waals surface area contributed by atoms with Crippen LogP contribution < -0.4 is 11.1 Å². The third kappa shape index (κ3) is 4.04. The zero-order valence-electron chi connectivity index (χ0n) is 10.5. The van der Waals surface area contributed by atoms with Crippen LogP contribution >= 0.6 is 34.5 Å². The van der Waals surface area contributed by atoms with E-state index >= 15 is 0 Å². The minimum atomic E-state index is -0.589. The monoisotopic (exact) mass is 341 g/mol. The van der Waals surface area contributed by atoms with Gasteiger partial charge in [-0.05, 0) is 17.7 Å². The lowest BCUT2D eigenvalue weighted by Crippen LogP contribution is -2.08. The molecule has 0 fully saturated rings. The van der Waals surface area contributed by atoms with Crippen molar-refractivity contribution in [2.24, 2.45) is 5.73 Å². The molecule has 1 aromatic carbocycles. The number of benzene rings is 1. The van der Waals surface area contributed by atoms with E-state index in [1.165, 1.54) is 18.3 Å². The van der Waals surface area contributed by atoms with Gasteiger partial charge in [-0.15, -0.1) is 0 Å². The molecule has 0 aliphatic heterocycles. The average Bonchev–Trinajstić information content (AvgIpc) is 2.89. The van der Waals surface area contributed by atoms with Crippen LogP contribution in [0, 0.1) is 0 Å². The minimum Gasteiger partial charge on any atom is -0.365 e. The van der Waals surface area contributed by atoms with E-state index in [0.29, 0.717) is 15.6 Å². The molecule has 0 radical (unpaired) electrons. The molecular formula is C13H9Cl2N3O2S. The lowest BCUT2D eigenvalue weighted by Gasteiger charge is -2.00. The topological polar surface area (TPSA) is 85.1 Å². The SMILES string of the molecule is NC(=O)c1cnc(NC(=O)/C=C/c2cccc(Cl)c2Cl)s1. The molecule has 0 aliphatic carbocycles. The van der Waals surface area contributed by atoms with Crippen molar-refractivity contribution < 1.29 is 9.59 Å². The Labute approximate surface area is 134 Å². The van der Waals surface area contributed by atoms with Gasteiger partial charge in [0.1, 0.15) is 4.88 Å². The van der Waals surface area contributed by atoms with Crippen LogP contribution in [-0.2, 0) is 4.79 Å². The number of primary amides is 1. The highest BCUT2D eigenvalue weighted by Crippen LogP contribution is 2.26. The Balaban J connectivity index is 2.05. The number of carbonyl (C=O) groups excluding carboxylic acids is 2. The fourth-order valence-corrected chi connectivity index (χ4v) is 2.45. The van der Waals surface area contributed by atoms with Crippen molar-refractivity contribution in [1.29, 1.82) is 0 Å². The van der Waals surface area contributed by atoms with E-state index in [9.17, 15) is 9.59 Å². The first kappa shape index (κ1) is 15.5. The maximum absolute atomic E-state index is 11.7. The van der Waals surface area contributed by atoms with Crippen molar-refractivity contribution in [2.75, 3.05) is 5.32 Å². The predicted octanol–water partition coefficient (Wildman–Crippen LogP) is 3.20. The van der Waals surface area contributed by atoms with Crippen LogP contribution in [0.15, 0.2) is 30.5 Å². The van der Waals surface area contributed by atoms with E-state index in [4.69, 9.17) is 28.9 Å². The standard InChI is InChI=1S/C13H9Cl2N3O2S/c14-8-3-1-2-7(11(8)15)4-5-10(19)18-13-17-6-9(21-13)12(16)20/h1-6H,(H2,16,20)(H,17,18,19)/b5-4+. The average molecular weight is 342 g/mol. The maximum atomic E-state index is 11.7. The van der Waals surface area contributed by atoms with E-state index in [-0.39, 0.29) is 10.0 Å². The quantitative estimate of drug-likeness (QED) is 0.837. The zero-order chi connectivity index (χ0) is 15.4. The van der Waals surface area contributed by atoms with Crippen LogP contribution in [0.1, 0.15) is 15.2 Å². The third-order valence-corrected chi connectivity index (χ3v) is 4.14. The summed E-state index contributed by atoms with van der Waals surface area (Å²) in [6, 6.07) is 5.11. The first-order valence-electron chi connectivity index (χ1n) is 5.66. The van der Waals surface area contributed by atoms with E-state index in [1.807, 2.05) is 0 Å². The number of nitrogens with two attached hydrogens (primary N) is 1. The molecule has 0 atom stereocenters. The Hall–Kier alpha value is -1.89. The molecule has 2 aromatic rings. The van der Waals surface area contributed by atoms with Gasteiger partial charge >= 0.3 is 0 Å². The Kier molecular flexibility index (Phi) is 4.95. The Morgan fingerprint density at radius 2 is 2.10 bits per heavy atom. The van der Waals surface area contributed by atoms with Crippen LogP contribution in [-0.4, -0.2) is 16.8 Å². The molecule has 2 amide bonds. The summed E-state index contributed by atoms with van der Waals surface area (Å²) in [6.45, 7) is 0. The van der Waals surface area contributed by atoms with E-state index < -0.39 is 11.8 Å². The number of nitrogens with zero attached hydrogens (tertiary/aromatic N) is 1. The highest BCUT2D eigenvalue weighted by molar-refractivity contribution is 7.17. The Morgan fingerprint density at radius 3 is 2.76 bits per heavy atom. The van der Waals surface area contributed by atoms with Crippen molar-refractivity contribution in [2.45, 2.75) is 0 Å². The van der Waals surface area contributed by atoms with Gasteiger partial charge in [-0.25, -0.2) is 4.98 Å². The van der Waals surface area contributed by atoms with Crippen LogP contribution in [0.4, 0.5) is 5.13 Å². The summed E-state index contributed by atoms with van der Waals surface area (Å²) < 4.78 is 0. The summed E-state index contributed by atoms with van der Waals surface area (Å²) >= 11 is 12.9. The molecule has 108 valence electrons. The second-order valence-corrected chi connectivity index (χ2v) is 5.68. The first-order valence-corrected chi connectivity index (χ1v) is 7.23. The number of thiazole rings is 1. The first-order chi connectivity index (χ1) is 9.97. The van der Waals surface area contributed by atoms with Gasteiger partial charge < -0.3 is 5.73 Å². The number of aromatic nitrogens is 1. The van der Waals surface area contributed by atoms with Crippen LogP contribution in [0.3, 0.4) is 0 Å². The van der Waals surface area contributed by atoms with Gasteiger partial charge in [0.15, 0.2) is 5.13 Å². The molecule has 5 nitrogen and oxygen atoms in total. The maximum Gasteiger partial charge on any atom is 0.260 e. The highest BCUT2D eigenvalue weighted by atomic mass is 35.5. The van der Waals surface area contributed by atoms with Crippen molar-refractivity contribution >= 4 is 57.6 Å². The van der Waals surface area contributed by atoms with Crippen molar-refractivity contribution in [3.05, 3.63) is 51.0 Å². The van der Waals surface area contributed by atoms with Gasteiger partial charge in [0.2, 0.25) is 5.91 Å². The number of amides is 2. The molecule has 0 saturated heterocycles. The fourth-order valence-electron chi connectivity index (χ4n) is 1.41. The van der Waals surface area contributed by atoms with Crippen molar-refractivity contribution in [3.63, 3.8) is 0 Å². The largest absolute Gasteiger partial charge is 0.365 e. The van der Waals surface area contributed by atoms with Gasteiger partial charge in [0.05, 0.1) is 16.2 Å². The normalized spacial score (nSPS) is 10.8. The fraction of sp³-hybridized carbons (Fsp3) is 0. The lowest BCUT2D eigenvalue weighted by atomic mass is 10.2. The molecule has 0 aliphatic rings. The molecule has 21 heavy (non-hydrogen) atoms. The number of halogens is 2. The van der Waals surface area contributed by atoms with Gasteiger partial charge in [-0.1, -0.05) is 46.7 Å². The van der Waals surface area contributed by atoms with Crippen LogP contribution in [0.5, 0.6) is 0 Å². The number of rotatable bonds is 4. The Bertz CT molecular complexity index is 728. The molecule has 3 N–H and O–H groups in total. The summed E-state index contributed by atoms with van der Waals surface area (Å²) in [7, 11) is 0. The van der Waals surface area contributed by atoms with Crippen molar-refractivity contribution in [3.8, 4) is 0 Å². The summed E-state index contributed by atoms with van der Waals surface area (Å²) in [5, 5.41) is 3.58. The van der Waals surface area contributed by atoms with Crippen LogP contribution in [0.25, 0.3) is 6.08 Å². The minimum absolute atomic E-state index is 0.271. The molecule has 2 rings (SSSR count). The van der Waals surface area contributed by atoms with Gasteiger partial charge in [0, 0.05) is 6.08 Å². The molecular weight excluding hydrogens is 333 g/mol. The summed E-state index contributed by atoms with van der Waals surface area (Å²) in [5.41, 5.74) is 5.72. The number of hydrogen-bond acceptors (Lipinski definition) is 4. The lowest BCUT2D eigenvalue weighted by molar-refractivity contribution is -0.111. The van der Waals surface area contributed by atoms with Gasteiger partial charge in [-0.3, -0.25) is 14.9 Å². The van der Waals surface area contributed by atoms with E-state index in [0.717, 1.165) is 11.3 Å². The molecule has 1 aromatic heterocycles. The third-order valence-electron chi connectivity index (χ3n) is 2.37. The van der Waals surface area contributed by atoms with Crippen molar-refractivity contribution in [1.82, 2.24) is 4.98 Å². The molecule has 0 spiro atoms. The molecule has 8 heteroatoms. The van der Waals surface area contributed by atoms with Crippen LogP contribution in [0.2, 0.25) is 10.0 Å². The second kappa shape index (κ2) is 6.71. The smallest absolute Gasteiger partial charge is 0.260 e. The Morgan fingerprint density at radius 1 is 1.33 bits per heavy atom. The zero-order valence-corrected chi connectivity index (χ0v) is 12.8. The molecule has 0 bridgehead atoms. The van der Waals surface area contributed by atoms with Gasteiger partial charge in [-0.2, -0.15) is 0 Å². The number of carbonyl (C=O) groups is 2. The number of hydrogen-bond donors (Lipinski definition) is 2. The number of nitrogens with one attached hydrogen (secondary N) is 1.